The first-order valence-corrected chi connectivity index (χ1v) is 7.58. The summed E-state index contributed by atoms with van der Waals surface area (Å²) in [6.45, 7) is 2.70. The molecule has 1 aromatic carbocycles. The van der Waals surface area contributed by atoms with Gasteiger partial charge in [0.15, 0.2) is 12.4 Å². The van der Waals surface area contributed by atoms with Gasteiger partial charge in [0.2, 0.25) is 12.3 Å². The van der Waals surface area contributed by atoms with Gasteiger partial charge in [0.05, 0.1) is 5.56 Å². The van der Waals surface area contributed by atoms with E-state index < -0.39 is 0 Å². The highest BCUT2D eigenvalue weighted by Crippen LogP contribution is 2.04. The van der Waals surface area contributed by atoms with E-state index in [1.54, 1.807) is 29.1 Å². The molecule has 2 N–H and O–H groups in total. The Labute approximate surface area is 135 Å². The molecule has 23 heavy (non-hydrogen) atoms. The molecule has 0 unspecified atom stereocenters. The van der Waals surface area contributed by atoms with Crippen molar-refractivity contribution in [2.24, 2.45) is 0 Å². The number of hydrogen-bond donors (Lipinski definition) is 2. The summed E-state index contributed by atoms with van der Waals surface area (Å²) >= 11 is 0. The Morgan fingerprint density at radius 1 is 1.04 bits per heavy atom. The first kappa shape index (κ1) is 16.8. The average molecular weight is 313 g/mol. The fraction of sp³-hybridized carbons (Fsp3) is 0.278. The average Bonchev–Trinajstić information content (AvgIpc) is 2.56. The molecule has 0 fully saturated rings. The quantitative estimate of drug-likeness (QED) is 0.459. The van der Waals surface area contributed by atoms with Crippen LogP contribution in [0.3, 0.4) is 0 Å². The highest BCUT2D eigenvalue weighted by molar-refractivity contribution is 5.95. The first-order chi connectivity index (χ1) is 11.1. The minimum atomic E-state index is -0.185. The summed E-state index contributed by atoms with van der Waals surface area (Å²) in [7, 11) is 0. The molecular weight excluding hydrogens is 292 g/mol. The molecule has 0 aliphatic rings. The van der Waals surface area contributed by atoms with Crippen molar-refractivity contribution in [2.75, 3.05) is 13.2 Å². The van der Waals surface area contributed by atoms with E-state index in [9.17, 15) is 9.59 Å². The third kappa shape index (κ3) is 5.00. The van der Waals surface area contributed by atoms with Gasteiger partial charge in [0.25, 0.3) is 5.91 Å². The largest absolute Gasteiger partial charge is 0.396 e. The first-order valence-electron chi connectivity index (χ1n) is 7.58. The number of hydrogen-bond acceptors (Lipinski definition) is 3. The molecule has 1 amide bonds. The van der Waals surface area contributed by atoms with Crippen molar-refractivity contribution in [3.05, 3.63) is 65.5 Å². The van der Waals surface area contributed by atoms with Crippen LogP contribution in [0.25, 0.3) is 0 Å². The van der Waals surface area contributed by atoms with Crippen LogP contribution >= 0.6 is 0 Å². The van der Waals surface area contributed by atoms with E-state index in [-0.39, 0.29) is 24.8 Å². The monoisotopic (exact) mass is 313 g/mol. The number of ketones is 1. The Morgan fingerprint density at radius 2 is 1.70 bits per heavy atom. The van der Waals surface area contributed by atoms with Gasteiger partial charge in [-0.1, -0.05) is 29.8 Å². The minimum Gasteiger partial charge on any atom is -0.396 e. The summed E-state index contributed by atoms with van der Waals surface area (Å²) in [5.41, 5.74) is 2.32. The number of amides is 1. The second-order valence-corrected chi connectivity index (χ2v) is 5.38. The summed E-state index contributed by atoms with van der Waals surface area (Å²) in [5, 5.41) is 11.4. The van der Waals surface area contributed by atoms with E-state index in [0.29, 0.717) is 24.1 Å². The number of rotatable bonds is 7. The molecule has 2 rings (SSSR count). The summed E-state index contributed by atoms with van der Waals surface area (Å²) in [6, 6.07) is 10.8. The Balaban J connectivity index is 1.95. The van der Waals surface area contributed by atoms with Crippen LogP contribution < -0.4 is 9.88 Å². The molecule has 0 spiro atoms. The van der Waals surface area contributed by atoms with E-state index in [1.807, 2.05) is 31.2 Å². The summed E-state index contributed by atoms with van der Waals surface area (Å²) < 4.78 is 1.74. The zero-order valence-corrected chi connectivity index (χ0v) is 13.2. The van der Waals surface area contributed by atoms with Crippen LogP contribution in [0.2, 0.25) is 0 Å². The minimum absolute atomic E-state index is 0.0233. The third-order valence-corrected chi connectivity index (χ3v) is 3.47. The number of aliphatic hydroxyl groups is 1. The van der Waals surface area contributed by atoms with E-state index >= 15 is 0 Å². The van der Waals surface area contributed by atoms with Gasteiger partial charge in [-0.2, -0.15) is 4.57 Å². The maximum absolute atomic E-state index is 12.2. The molecule has 1 heterocycles. The van der Waals surface area contributed by atoms with Gasteiger partial charge in [-0.25, -0.2) is 0 Å². The molecular formula is C18H21N2O3+. The number of benzene rings is 1. The van der Waals surface area contributed by atoms with Gasteiger partial charge in [0.1, 0.15) is 0 Å². The lowest BCUT2D eigenvalue weighted by Crippen LogP contribution is -2.37. The van der Waals surface area contributed by atoms with E-state index in [0.717, 1.165) is 5.56 Å². The van der Waals surface area contributed by atoms with Crippen LogP contribution in [-0.2, 0) is 6.54 Å². The normalized spacial score (nSPS) is 10.3. The summed E-state index contributed by atoms with van der Waals surface area (Å²) in [6.07, 6.45) is 3.96. The Kier molecular flexibility index (Phi) is 6.00. The number of aryl methyl sites for hydroxylation is 1. The molecule has 0 aliphatic carbocycles. The van der Waals surface area contributed by atoms with Gasteiger partial charge >= 0.3 is 0 Å². The topological polar surface area (TPSA) is 70.3 Å². The van der Waals surface area contributed by atoms with Gasteiger partial charge in [-0.05, 0) is 13.3 Å². The molecule has 5 heteroatoms. The molecule has 0 aliphatic heterocycles. The van der Waals surface area contributed by atoms with Gasteiger partial charge < -0.3 is 10.4 Å². The molecule has 5 nitrogen and oxygen atoms in total. The third-order valence-electron chi connectivity index (χ3n) is 3.47. The number of carbonyl (C=O) groups is 2. The van der Waals surface area contributed by atoms with E-state index in [2.05, 4.69) is 5.32 Å². The molecule has 0 saturated carbocycles. The van der Waals surface area contributed by atoms with Crippen molar-refractivity contribution in [1.82, 2.24) is 5.32 Å². The second kappa shape index (κ2) is 8.19. The number of Topliss-reactive ketones (excluding diaryl/α,β-unsaturated/α-hetero) is 1. The van der Waals surface area contributed by atoms with Crippen molar-refractivity contribution in [3.8, 4) is 0 Å². The Bertz CT molecular complexity index is 664. The zero-order chi connectivity index (χ0) is 16.7. The lowest BCUT2D eigenvalue weighted by Gasteiger charge is -2.03. The molecule has 2 aromatic rings. The molecule has 0 saturated heterocycles. The van der Waals surface area contributed by atoms with Crippen molar-refractivity contribution in [2.45, 2.75) is 19.9 Å². The number of aromatic nitrogens is 1. The van der Waals surface area contributed by atoms with Crippen LogP contribution in [-0.4, -0.2) is 29.9 Å². The van der Waals surface area contributed by atoms with E-state index in [4.69, 9.17) is 5.11 Å². The number of nitrogens with zero attached hydrogens (tertiary/aromatic N) is 1. The standard InChI is InChI=1S/C18H20N2O3/c1-14-3-5-15(6-4-14)17(22)13-20-10-7-16(8-11-20)18(23)19-9-2-12-21/h3-8,10-11,21H,2,9,12-13H2,1H3/p+1. The number of nitrogens with one attached hydrogen (secondary N) is 1. The Hall–Kier alpha value is -2.53. The van der Waals surface area contributed by atoms with Crippen LogP contribution in [0.15, 0.2) is 48.8 Å². The predicted octanol–water partition coefficient (Wildman–Crippen LogP) is 1.28. The van der Waals surface area contributed by atoms with Gasteiger partial charge in [0, 0.05) is 30.8 Å². The maximum Gasteiger partial charge on any atom is 0.251 e. The molecule has 1 aromatic heterocycles. The van der Waals surface area contributed by atoms with Crippen molar-refractivity contribution < 1.29 is 19.3 Å². The molecule has 0 atom stereocenters. The highest BCUT2D eigenvalue weighted by atomic mass is 16.3. The lowest BCUT2D eigenvalue weighted by atomic mass is 10.1. The van der Waals surface area contributed by atoms with Crippen LogP contribution in [0.4, 0.5) is 0 Å². The van der Waals surface area contributed by atoms with Crippen LogP contribution in [0.5, 0.6) is 0 Å². The SMILES string of the molecule is Cc1ccc(C(=O)C[n+]2ccc(C(=O)NCCCO)cc2)cc1. The fourth-order valence-corrected chi connectivity index (χ4v) is 2.09. The van der Waals surface area contributed by atoms with Crippen molar-refractivity contribution >= 4 is 11.7 Å². The predicted molar refractivity (Wildman–Crippen MR) is 86.2 cm³/mol. The Morgan fingerprint density at radius 3 is 2.30 bits per heavy atom. The fourth-order valence-electron chi connectivity index (χ4n) is 2.09. The van der Waals surface area contributed by atoms with Crippen LogP contribution in [0.1, 0.15) is 32.7 Å². The highest BCUT2D eigenvalue weighted by Gasteiger charge is 2.13. The van der Waals surface area contributed by atoms with Crippen molar-refractivity contribution in [3.63, 3.8) is 0 Å². The summed E-state index contributed by atoms with van der Waals surface area (Å²) in [5.74, 6) is -0.161. The number of aliphatic hydroxyl groups excluding tert-OH is 1. The van der Waals surface area contributed by atoms with Crippen LogP contribution in [0, 0.1) is 6.92 Å². The number of carbonyl (C=O) groups excluding carboxylic acids is 2. The maximum atomic E-state index is 12.2. The summed E-state index contributed by atoms with van der Waals surface area (Å²) in [4.78, 5) is 24.0. The van der Waals surface area contributed by atoms with Gasteiger partial charge in [-0.3, -0.25) is 9.59 Å². The zero-order valence-electron chi connectivity index (χ0n) is 13.2. The van der Waals surface area contributed by atoms with E-state index in [1.165, 1.54) is 0 Å². The smallest absolute Gasteiger partial charge is 0.251 e. The molecule has 120 valence electrons. The molecule has 0 radical (unpaired) electrons. The van der Waals surface area contributed by atoms with Gasteiger partial charge in [-0.15, -0.1) is 0 Å². The number of pyridine rings is 1. The molecule has 0 bridgehead atoms. The second-order valence-electron chi connectivity index (χ2n) is 5.38. The van der Waals surface area contributed by atoms with Crippen molar-refractivity contribution in [1.29, 1.82) is 0 Å². The lowest BCUT2D eigenvalue weighted by molar-refractivity contribution is -0.683.